The molecule has 7 nitrogen and oxygen atoms in total. The number of carbonyl (C=O) groups excluding carboxylic acids is 2. The van der Waals surface area contributed by atoms with Crippen LogP contribution >= 0.6 is 0 Å². The number of hydrogen-bond acceptors (Lipinski definition) is 5. The summed E-state index contributed by atoms with van der Waals surface area (Å²) in [6.07, 6.45) is 2.07. The van der Waals surface area contributed by atoms with Gasteiger partial charge in [-0.2, -0.15) is 0 Å². The number of amides is 2. The molecule has 26 heavy (non-hydrogen) atoms. The first kappa shape index (κ1) is 18.5. The smallest absolute Gasteiger partial charge is 0.236 e. The van der Waals surface area contributed by atoms with E-state index in [-0.39, 0.29) is 18.6 Å². The van der Waals surface area contributed by atoms with Crippen molar-refractivity contribution in [2.24, 2.45) is 0 Å². The monoisotopic (exact) mass is 361 g/mol. The fourth-order valence-corrected chi connectivity index (χ4v) is 3.22. The molecule has 0 saturated carbocycles. The Bertz CT molecular complexity index is 662. The lowest BCUT2D eigenvalue weighted by Gasteiger charge is -2.22. The number of aryl methyl sites for hydroxylation is 1. The molecule has 0 aliphatic carbocycles. The van der Waals surface area contributed by atoms with Crippen molar-refractivity contribution in [1.29, 1.82) is 0 Å². The molecule has 2 aliphatic rings. The summed E-state index contributed by atoms with van der Waals surface area (Å²) in [4.78, 5) is 30.1. The Morgan fingerprint density at radius 1 is 1.08 bits per heavy atom. The van der Waals surface area contributed by atoms with Crippen molar-refractivity contribution < 1.29 is 19.1 Å². The van der Waals surface area contributed by atoms with Crippen LogP contribution in [0.25, 0.3) is 0 Å². The highest BCUT2D eigenvalue weighted by Gasteiger charge is 2.21. The van der Waals surface area contributed by atoms with Crippen molar-refractivity contribution >= 4 is 11.8 Å². The van der Waals surface area contributed by atoms with E-state index in [9.17, 15) is 9.59 Å². The molecule has 142 valence electrons. The zero-order valence-electron chi connectivity index (χ0n) is 15.6. The maximum atomic E-state index is 12.6. The molecule has 2 heterocycles. The molecule has 1 saturated heterocycles. The lowest BCUT2D eigenvalue weighted by atomic mass is 10.1. The number of nitrogens with zero attached hydrogens (tertiary/aromatic N) is 3. The average molecular weight is 361 g/mol. The van der Waals surface area contributed by atoms with Crippen molar-refractivity contribution in [2.75, 3.05) is 53.6 Å². The molecular formula is C19H27N3O4. The predicted molar refractivity (Wildman–Crippen MR) is 97.2 cm³/mol. The van der Waals surface area contributed by atoms with Gasteiger partial charge in [0.2, 0.25) is 18.6 Å². The lowest BCUT2D eigenvalue weighted by molar-refractivity contribution is -0.131. The van der Waals surface area contributed by atoms with Crippen LogP contribution in [-0.4, -0.2) is 80.1 Å². The van der Waals surface area contributed by atoms with Gasteiger partial charge >= 0.3 is 0 Å². The predicted octanol–water partition coefficient (Wildman–Crippen LogP) is 0.970. The van der Waals surface area contributed by atoms with Crippen LogP contribution in [0.2, 0.25) is 0 Å². The number of fused-ring (bicyclic) bond motifs is 1. The van der Waals surface area contributed by atoms with E-state index in [1.54, 1.807) is 19.0 Å². The molecule has 0 atom stereocenters. The second-order valence-electron chi connectivity index (χ2n) is 6.99. The second kappa shape index (κ2) is 8.40. The van der Waals surface area contributed by atoms with Crippen LogP contribution in [0.3, 0.4) is 0 Å². The molecule has 0 bridgehead atoms. The summed E-state index contributed by atoms with van der Waals surface area (Å²) >= 11 is 0. The number of ether oxygens (including phenoxy) is 2. The summed E-state index contributed by atoms with van der Waals surface area (Å²) in [6.45, 7) is 3.72. The summed E-state index contributed by atoms with van der Waals surface area (Å²) < 4.78 is 10.7. The summed E-state index contributed by atoms with van der Waals surface area (Å²) in [5.74, 6) is 1.79. The first-order valence-electron chi connectivity index (χ1n) is 9.12. The lowest BCUT2D eigenvalue weighted by Crippen LogP contribution is -2.39. The Balaban J connectivity index is 1.47. The van der Waals surface area contributed by atoms with E-state index >= 15 is 0 Å². The summed E-state index contributed by atoms with van der Waals surface area (Å²) in [6, 6.07) is 5.83. The van der Waals surface area contributed by atoms with Crippen molar-refractivity contribution in [3.8, 4) is 11.5 Å². The zero-order chi connectivity index (χ0) is 18.5. The van der Waals surface area contributed by atoms with Crippen LogP contribution < -0.4 is 9.47 Å². The van der Waals surface area contributed by atoms with Gasteiger partial charge in [0, 0.05) is 46.7 Å². The number of rotatable bonds is 5. The maximum absolute atomic E-state index is 12.6. The van der Waals surface area contributed by atoms with Gasteiger partial charge in [0.1, 0.15) is 0 Å². The SMILES string of the molecule is CN(C)C(=O)CN1CCCN(C(=O)CCc2ccc3c(c2)OCO3)CC1. The number of carbonyl (C=O) groups is 2. The van der Waals surface area contributed by atoms with Gasteiger partial charge in [-0.3, -0.25) is 14.5 Å². The largest absolute Gasteiger partial charge is 0.454 e. The highest BCUT2D eigenvalue weighted by atomic mass is 16.7. The Kier molecular flexibility index (Phi) is 5.98. The minimum absolute atomic E-state index is 0.104. The van der Waals surface area contributed by atoms with Gasteiger partial charge in [-0.25, -0.2) is 0 Å². The van der Waals surface area contributed by atoms with Crippen molar-refractivity contribution in [3.05, 3.63) is 23.8 Å². The van der Waals surface area contributed by atoms with Crippen molar-refractivity contribution in [3.63, 3.8) is 0 Å². The van der Waals surface area contributed by atoms with Gasteiger partial charge in [0.05, 0.1) is 6.54 Å². The van der Waals surface area contributed by atoms with E-state index in [1.807, 2.05) is 23.1 Å². The van der Waals surface area contributed by atoms with Gasteiger partial charge < -0.3 is 19.3 Å². The summed E-state index contributed by atoms with van der Waals surface area (Å²) in [7, 11) is 3.54. The van der Waals surface area contributed by atoms with Crippen LogP contribution in [0.1, 0.15) is 18.4 Å². The molecule has 3 rings (SSSR count). The average Bonchev–Trinajstić information content (AvgIpc) is 2.97. The standard InChI is InChI=1S/C19H27N3O4/c1-20(2)19(24)13-21-8-3-9-22(11-10-21)18(23)7-5-15-4-6-16-17(12-15)26-14-25-16/h4,6,12H,3,5,7-11,13-14H2,1-2H3. The van der Waals surface area contributed by atoms with E-state index in [0.29, 0.717) is 25.9 Å². The van der Waals surface area contributed by atoms with E-state index in [0.717, 1.165) is 43.1 Å². The first-order valence-corrected chi connectivity index (χ1v) is 9.12. The molecule has 0 radical (unpaired) electrons. The maximum Gasteiger partial charge on any atom is 0.236 e. The van der Waals surface area contributed by atoms with Crippen LogP contribution in [-0.2, 0) is 16.0 Å². The fourth-order valence-electron chi connectivity index (χ4n) is 3.22. The highest BCUT2D eigenvalue weighted by molar-refractivity contribution is 5.78. The quantitative estimate of drug-likeness (QED) is 0.782. The van der Waals surface area contributed by atoms with E-state index in [2.05, 4.69) is 4.90 Å². The fraction of sp³-hybridized carbons (Fsp3) is 0.579. The summed E-state index contributed by atoms with van der Waals surface area (Å²) in [5, 5.41) is 0. The number of likely N-dealkylation sites (N-methyl/N-ethyl adjacent to an activating group) is 1. The van der Waals surface area contributed by atoms with Crippen LogP contribution in [0.5, 0.6) is 11.5 Å². The Hall–Kier alpha value is -2.28. The molecular weight excluding hydrogens is 334 g/mol. The van der Waals surface area contributed by atoms with E-state index < -0.39 is 0 Å². The number of benzene rings is 1. The van der Waals surface area contributed by atoms with Crippen LogP contribution in [0, 0.1) is 0 Å². The van der Waals surface area contributed by atoms with Crippen molar-refractivity contribution in [1.82, 2.24) is 14.7 Å². The first-order chi connectivity index (χ1) is 12.5. The molecule has 0 spiro atoms. The van der Waals surface area contributed by atoms with Gasteiger partial charge in [-0.05, 0) is 30.5 Å². The molecule has 0 unspecified atom stereocenters. The molecule has 1 aromatic rings. The Labute approximate surface area is 154 Å². The minimum Gasteiger partial charge on any atom is -0.454 e. The minimum atomic E-state index is 0.104. The molecule has 0 N–H and O–H groups in total. The van der Waals surface area contributed by atoms with E-state index in [4.69, 9.17) is 9.47 Å². The normalized spacial score (nSPS) is 17.1. The molecule has 7 heteroatoms. The van der Waals surface area contributed by atoms with E-state index in [1.165, 1.54) is 0 Å². The van der Waals surface area contributed by atoms with Gasteiger partial charge in [-0.15, -0.1) is 0 Å². The molecule has 2 amide bonds. The summed E-state index contributed by atoms with van der Waals surface area (Å²) in [5.41, 5.74) is 1.08. The third-order valence-corrected chi connectivity index (χ3v) is 4.86. The zero-order valence-corrected chi connectivity index (χ0v) is 15.6. The van der Waals surface area contributed by atoms with Gasteiger partial charge in [0.15, 0.2) is 11.5 Å². The molecule has 1 fully saturated rings. The topological polar surface area (TPSA) is 62.3 Å². The third-order valence-electron chi connectivity index (χ3n) is 4.86. The third kappa shape index (κ3) is 4.66. The van der Waals surface area contributed by atoms with Crippen molar-refractivity contribution in [2.45, 2.75) is 19.3 Å². The Morgan fingerprint density at radius 2 is 1.88 bits per heavy atom. The van der Waals surface area contributed by atoms with Gasteiger partial charge in [-0.1, -0.05) is 6.07 Å². The van der Waals surface area contributed by atoms with Crippen LogP contribution in [0.4, 0.5) is 0 Å². The number of hydrogen-bond donors (Lipinski definition) is 0. The molecule has 2 aliphatic heterocycles. The highest BCUT2D eigenvalue weighted by Crippen LogP contribution is 2.32. The Morgan fingerprint density at radius 3 is 2.69 bits per heavy atom. The molecule has 0 aromatic heterocycles. The van der Waals surface area contributed by atoms with Gasteiger partial charge in [0.25, 0.3) is 0 Å². The van der Waals surface area contributed by atoms with Crippen LogP contribution in [0.15, 0.2) is 18.2 Å². The second-order valence-corrected chi connectivity index (χ2v) is 6.99. The molecule has 1 aromatic carbocycles.